The van der Waals surface area contributed by atoms with Crippen molar-refractivity contribution in [1.29, 1.82) is 0 Å². The molecule has 1 aromatic heterocycles. The Balaban J connectivity index is 2.10. The minimum absolute atomic E-state index is 0.933. The Morgan fingerprint density at radius 3 is 1.25 bits per heavy atom. The average Bonchev–Trinajstić information content (AvgIpc) is 2.65. The first-order valence-electron chi connectivity index (χ1n) is 8.13. The fourth-order valence-corrected chi connectivity index (χ4v) is 2.99. The Labute approximate surface area is 143 Å². The maximum atomic E-state index is 5.02. The van der Waals surface area contributed by atoms with Crippen LogP contribution in [0.2, 0.25) is 0 Å². The molecular formula is C20H16B2N2. The Bertz CT molecular complexity index is 932. The van der Waals surface area contributed by atoms with Gasteiger partial charge in [-0.25, -0.2) is 9.97 Å². The van der Waals surface area contributed by atoms with Crippen LogP contribution in [0.5, 0.6) is 0 Å². The molecule has 24 heavy (non-hydrogen) atoms. The molecule has 1 heterocycles. The van der Waals surface area contributed by atoms with Crippen LogP contribution >= 0.6 is 0 Å². The molecule has 2 nitrogen and oxygen atoms in total. The standard InChI is InChI=1S/C20H16B2N2/c21-15-11-12-16(22)20-19(15)23-17(13-7-3-1-4-8-13)18(24-20)14-9-5-2-6-10-14/h1-12H,21-22H2. The highest BCUT2D eigenvalue weighted by molar-refractivity contribution is 6.44. The van der Waals surface area contributed by atoms with Gasteiger partial charge in [-0.1, -0.05) is 83.7 Å². The summed E-state index contributed by atoms with van der Waals surface area (Å²) >= 11 is 0. The summed E-state index contributed by atoms with van der Waals surface area (Å²) in [6.07, 6.45) is 0. The van der Waals surface area contributed by atoms with Crippen molar-refractivity contribution in [1.82, 2.24) is 9.97 Å². The lowest BCUT2D eigenvalue weighted by Crippen LogP contribution is -2.16. The van der Waals surface area contributed by atoms with Crippen molar-refractivity contribution in [3.05, 3.63) is 72.8 Å². The molecule has 0 aliphatic carbocycles. The van der Waals surface area contributed by atoms with E-state index in [9.17, 15) is 0 Å². The third-order valence-electron chi connectivity index (χ3n) is 4.32. The SMILES string of the molecule is Bc1ccc(B)c2nc(-c3ccccc3)c(-c3ccccc3)nc12. The van der Waals surface area contributed by atoms with Gasteiger partial charge in [0.05, 0.1) is 22.4 Å². The molecule has 0 aliphatic heterocycles. The molecular weight excluding hydrogens is 290 g/mol. The lowest BCUT2D eigenvalue weighted by atomic mass is 9.86. The van der Waals surface area contributed by atoms with E-state index < -0.39 is 0 Å². The summed E-state index contributed by atoms with van der Waals surface area (Å²) in [5, 5.41) is 0. The topological polar surface area (TPSA) is 25.8 Å². The number of aromatic nitrogens is 2. The number of benzene rings is 3. The van der Waals surface area contributed by atoms with Gasteiger partial charge in [0.1, 0.15) is 15.7 Å². The first-order valence-corrected chi connectivity index (χ1v) is 8.13. The number of rotatable bonds is 2. The van der Waals surface area contributed by atoms with Gasteiger partial charge in [-0.3, -0.25) is 0 Å². The first-order chi connectivity index (χ1) is 11.7. The van der Waals surface area contributed by atoms with Crippen LogP contribution in [0.1, 0.15) is 0 Å². The van der Waals surface area contributed by atoms with Crippen molar-refractivity contribution >= 4 is 37.7 Å². The van der Waals surface area contributed by atoms with Crippen molar-refractivity contribution in [3.8, 4) is 22.5 Å². The maximum Gasteiger partial charge on any atom is 0.142 e. The van der Waals surface area contributed by atoms with Gasteiger partial charge in [-0.2, -0.15) is 0 Å². The summed E-state index contributed by atoms with van der Waals surface area (Å²) in [5.74, 6) is 0. The Morgan fingerprint density at radius 1 is 0.500 bits per heavy atom. The molecule has 3 aromatic carbocycles. The van der Waals surface area contributed by atoms with Crippen molar-refractivity contribution in [2.75, 3.05) is 0 Å². The first kappa shape index (κ1) is 14.7. The Kier molecular flexibility index (Phi) is 3.66. The van der Waals surface area contributed by atoms with Crippen LogP contribution in [0.3, 0.4) is 0 Å². The molecule has 0 unspecified atom stereocenters. The van der Waals surface area contributed by atoms with Gasteiger partial charge in [0, 0.05) is 11.1 Å². The number of hydrogen-bond donors (Lipinski definition) is 0. The van der Waals surface area contributed by atoms with Crippen LogP contribution in [0, 0.1) is 0 Å². The predicted octanol–water partition coefficient (Wildman–Crippen LogP) is 1.48. The van der Waals surface area contributed by atoms with E-state index in [2.05, 4.69) is 52.1 Å². The highest BCUT2D eigenvalue weighted by Crippen LogP contribution is 2.29. The summed E-state index contributed by atoms with van der Waals surface area (Å²) < 4.78 is 0. The summed E-state index contributed by atoms with van der Waals surface area (Å²) in [5.41, 5.74) is 8.31. The van der Waals surface area contributed by atoms with Gasteiger partial charge >= 0.3 is 0 Å². The van der Waals surface area contributed by atoms with E-state index in [4.69, 9.17) is 9.97 Å². The van der Waals surface area contributed by atoms with Crippen LogP contribution in [0.25, 0.3) is 33.5 Å². The minimum atomic E-state index is 0.933. The molecule has 0 aliphatic rings. The normalized spacial score (nSPS) is 10.8. The van der Waals surface area contributed by atoms with Gasteiger partial charge < -0.3 is 0 Å². The molecule has 4 aromatic rings. The Hall–Kier alpha value is -2.87. The second-order valence-electron chi connectivity index (χ2n) is 6.05. The zero-order chi connectivity index (χ0) is 16.5. The lowest BCUT2D eigenvalue weighted by Gasteiger charge is -2.13. The molecule has 4 heteroatoms. The van der Waals surface area contributed by atoms with Crippen LogP contribution in [0.15, 0.2) is 72.8 Å². The van der Waals surface area contributed by atoms with Crippen LogP contribution in [-0.2, 0) is 0 Å². The molecule has 112 valence electrons. The van der Waals surface area contributed by atoms with Gasteiger partial charge in [-0.15, -0.1) is 0 Å². The summed E-state index contributed by atoms with van der Waals surface area (Å²) in [6.45, 7) is 0. The molecule has 0 fully saturated rings. The van der Waals surface area contributed by atoms with Crippen molar-refractivity contribution in [2.45, 2.75) is 0 Å². The Morgan fingerprint density at radius 2 is 0.875 bits per heavy atom. The van der Waals surface area contributed by atoms with E-state index in [1.807, 2.05) is 36.4 Å². The maximum absolute atomic E-state index is 5.02. The highest BCUT2D eigenvalue weighted by atomic mass is 14.8. The molecule has 0 bridgehead atoms. The molecule has 0 N–H and O–H groups in total. The lowest BCUT2D eigenvalue weighted by molar-refractivity contribution is 1.30. The van der Waals surface area contributed by atoms with Gasteiger partial charge in [0.25, 0.3) is 0 Å². The number of nitrogens with zero attached hydrogens (tertiary/aromatic N) is 2. The zero-order valence-corrected chi connectivity index (χ0v) is 13.8. The largest absolute Gasteiger partial charge is 0.244 e. The second kappa shape index (κ2) is 5.97. The number of fused-ring (bicyclic) bond motifs is 1. The minimum Gasteiger partial charge on any atom is -0.244 e. The number of hydrogen-bond acceptors (Lipinski definition) is 2. The fraction of sp³-hybridized carbons (Fsp3) is 0. The molecule has 4 rings (SSSR count). The van der Waals surface area contributed by atoms with Gasteiger partial charge in [0.2, 0.25) is 0 Å². The molecule has 0 atom stereocenters. The molecule has 0 spiro atoms. The molecule has 0 amide bonds. The monoisotopic (exact) mass is 306 g/mol. The molecule has 0 saturated carbocycles. The van der Waals surface area contributed by atoms with Gasteiger partial charge in [0.15, 0.2) is 0 Å². The van der Waals surface area contributed by atoms with E-state index in [1.54, 1.807) is 0 Å². The predicted molar refractivity (Wildman–Crippen MR) is 107 cm³/mol. The van der Waals surface area contributed by atoms with Crippen molar-refractivity contribution in [3.63, 3.8) is 0 Å². The van der Waals surface area contributed by atoms with Crippen LogP contribution in [0.4, 0.5) is 0 Å². The van der Waals surface area contributed by atoms with Gasteiger partial charge in [-0.05, 0) is 0 Å². The second-order valence-corrected chi connectivity index (χ2v) is 6.05. The summed E-state index contributed by atoms with van der Waals surface area (Å²) in [7, 11) is 4.18. The average molecular weight is 306 g/mol. The van der Waals surface area contributed by atoms with Crippen LogP contribution < -0.4 is 10.9 Å². The van der Waals surface area contributed by atoms with E-state index in [0.29, 0.717) is 0 Å². The molecule has 0 saturated heterocycles. The smallest absolute Gasteiger partial charge is 0.142 e. The fourth-order valence-electron chi connectivity index (χ4n) is 2.99. The van der Waals surface area contributed by atoms with E-state index in [0.717, 1.165) is 44.5 Å². The zero-order valence-electron chi connectivity index (χ0n) is 13.8. The van der Waals surface area contributed by atoms with E-state index in [-0.39, 0.29) is 0 Å². The van der Waals surface area contributed by atoms with E-state index >= 15 is 0 Å². The van der Waals surface area contributed by atoms with Crippen LogP contribution in [-0.4, -0.2) is 25.7 Å². The third-order valence-corrected chi connectivity index (χ3v) is 4.32. The van der Waals surface area contributed by atoms with Crippen molar-refractivity contribution in [2.24, 2.45) is 0 Å². The summed E-state index contributed by atoms with van der Waals surface area (Å²) in [4.78, 5) is 10.0. The quantitative estimate of drug-likeness (QED) is 0.524. The highest BCUT2D eigenvalue weighted by Gasteiger charge is 2.14. The molecule has 0 radical (unpaired) electrons. The summed E-state index contributed by atoms with van der Waals surface area (Å²) in [6, 6.07) is 24.8. The van der Waals surface area contributed by atoms with E-state index in [1.165, 1.54) is 0 Å². The van der Waals surface area contributed by atoms with Crippen molar-refractivity contribution < 1.29 is 0 Å². The third kappa shape index (κ3) is 2.50.